The van der Waals surface area contributed by atoms with E-state index < -0.39 is 10.0 Å². The summed E-state index contributed by atoms with van der Waals surface area (Å²) in [5.74, 6) is 0.848. The van der Waals surface area contributed by atoms with Gasteiger partial charge < -0.3 is 10.1 Å². The molecular weight excluding hydrogens is 316 g/mol. The summed E-state index contributed by atoms with van der Waals surface area (Å²) >= 11 is 0. The fourth-order valence-electron chi connectivity index (χ4n) is 2.48. The summed E-state index contributed by atoms with van der Waals surface area (Å²) < 4.78 is 32.0. The second-order valence-electron chi connectivity index (χ2n) is 5.80. The summed E-state index contributed by atoms with van der Waals surface area (Å²) in [5.41, 5.74) is 0. The maximum Gasteiger partial charge on any atom is 0.257 e. The largest absolute Gasteiger partial charge is 0.484 e. The molecule has 1 aromatic carbocycles. The van der Waals surface area contributed by atoms with Crippen molar-refractivity contribution in [2.24, 2.45) is 5.92 Å². The summed E-state index contributed by atoms with van der Waals surface area (Å²) in [6, 6.07) is 6.22. The SMILES string of the molecule is CCNC(=O)COc1ccc(S(=O)(=O)N2CCC(C)CC2)cc1. The van der Waals surface area contributed by atoms with Gasteiger partial charge in [0.25, 0.3) is 5.91 Å². The van der Waals surface area contributed by atoms with Gasteiger partial charge in [0.05, 0.1) is 4.90 Å². The van der Waals surface area contributed by atoms with Gasteiger partial charge in [-0.25, -0.2) is 8.42 Å². The van der Waals surface area contributed by atoms with Gasteiger partial charge in [0.15, 0.2) is 6.61 Å². The van der Waals surface area contributed by atoms with Crippen LogP contribution in [0.2, 0.25) is 0 Å². The molecule has 128 valence electrons. The smallest absolute Gasteiger partial charge is 0.257 e. The number of ether oxygens (including phenoxy) is 1. The lowest BCUT2D eigenvalue weighted by atomic mass is 10.0. The average Bonchev–Trinajstić information content (AvgIpc) is 2.54. The second-order valence-corrected chi connectivity index (χ2v) is 7.74. The van der Waals surface area contributed by atoms with E-state index in [-0.39, 0.29) is 17.4 Å². The molecular formula is C16H24N2O4S. The molecule has 0 saturated carbocycles. The summed E-state index contributed by atoms with van der Waals surface area (Å²) in [6.07, 6.45) is 1.79. The molecule has 0 aliphatic carbocycles. The van der Waals surface area contributed by atoms with Crippen LogP contribution in [0.4, 0.5) is 0 Å². The van der Waals surface area contributed by atoms with Crippen LogP contribution in [0.25, 0.3) is 0 Å². The third-order valence-electron chi connectivity index (χ3n) is 3.95. The fourth-order valence-corrected chi connectivity index (χ4v) is 3.95. The topological polar surface area (TPSA) is 75.7 Å². The van der Waals surface area contributed by atoms with E-state index in [1.807, 2.05) is 6.92 Å². The average molecular weight is 340 g/mol. The summed E-state index contributed by atoms with van der Waals surface area (Å²) in [7, 11) is -3.44. The number of nitrogens with zero attached hydrogens (tertiary/aromatic N) is 1. The highest BCUT2D eigenvalue weighted by Gasteiger charge is 2.27. The van der Waals surface area contributed by atoms with E-state index in [9.17, 15) is 13.2 Å². The van der Waals surface area contributed by atoms with Crippen LogP contribution in [-0.2, 0) is 14.8 Å². The predicted molar refractivity (Wildman–Crippen MR) is 87.8 cm³/mol. The third-order valence-corrected chi connectivity index (χ3v) is 5.86. The summed E-state index contributed by atoms with van der Waals surface area (Å²) in [5, 5.41) is 2.63. The maximum absolute atomic E-state index is 12.6. The van der Waals surface area contributed by atoms with Gasteiger partial charge in [-0.05, 0) is 49.9 Å². The van der Waals surface area contributed by atoms with Crippen molar-refractivity contribution in [2.75, 3.05) is 26.2 Å². The van der Waals surface area contributed by atoms with E-state index in [1.54, 1.807) is 12.1 Å². The number of nitrogens with one attached hydrogen (secondary N) is 1. The number of carbonyl (C=O) groups excluding carboxylic acids is 1. The van der Waals surface area contributed by atoms with Crippen LogP contribution in [0.1, 0.15) is 26.7 Å². The Balaban J connectivity index is 1.99. The molecule has 0 unspecified atom stereocenters. The fraction of sp³-hybridized carbons (Fsp3) is 0.562. The van der Waals surface area contributed by atoms with Crippen LogP contribution < -0.4 is 10.1 Å². The predicted octanol–water partition coefficient (Wildman–Crippen LogP) is 1.62. The van der Waals surface area contributed by atoms with E-state index >= 15 is 0 Å². The molecule has 1 aromatic rings. The highest BCUT2D eigenvalue weighted by Crippen LogP contribution is 2.24. The minimum Gasteiger partial charge on any atom is -0.484 e. The van der Waals surface area contributed by atoms with Gasteiger partial charge in [0.2, 0.25) is 10.0 Å². The molecule has 1 heterocycles. The van der Waals surface area contributed by atoms with Gasteiger partial charge in [-0.2, -0.15) is 4.31 Å². The summed E-state index contributed by atoms with van der Waals surface area (Å²) in [4.78, 5) is 11.6. The van der Waals surface area contributed by atoms with Crippen molar-refractivity contribution in [2.45, 2.75) is 31.6 Å². The molecule has 7 heteroatoms. The number of carbonyl (C=O) groups is 1. The van der Waals surface area contributed by atoms with Crippen LogP contribution in [0, 0.1) is 5.92 Å². The molecule has 6 nitrogen and oxygen atoms in total. The highest BCUT2D eigenvalue weighted by atomic mass is 32.2. The first-order valence-corrected chi connectivity index (χ1v) is 9.37. The van der Waals surface area contributed by atoms with E-state index in [0.29, 0.717) is 31.3 Å². The minimum absolute atomic E-state index is 0.0794. The van der Waals surface area contributed by atoms with Crippen molar-refractivity contribution in [3.05, 3.63) is 24.3 Å². The molecule has 1 saturated heterocycles. The van der Waals surface area contributed by atoms with Crippen molar-refractivity contribution in [1.29, 1.82) is 0 Å². The normalized spacial score (nSPS) is 17.0. The Labute approximate surface area is 137 Å². The molecule has 1 aliphatic rings. The number of rotatable bonds is 6. The molecule has 23 heavy (non-hydrogen) atoms. The first-order chi connectivity index (χ1) is 10.9. The molecule has 0 aromatic heterocycles. The van der Waals surface area contributed by atoms with E-state index in [4.69, 9.17) is 4.74 Å². The van der Waals surface area contributed by atoms with Crippen LogP contribution >= 0.6 is 0 Å². The molecule has 2 rings (SSSR count). The van der Waals surface area contributed by atoms with Gasteiger partial charge in [-0.3, -0.25) is 4.79 Å². The minimum atomic E-state index is -3.44. The lowest BCUT2D eigenvalue weighted by molar-refractivity contribution is -0.122. The second kappa shape index (κ2) is 7.79. The molecule has 1 aliphatic heterocycles. The maximum atomic E-state index is 12.6. The Bertz CT molecular complexity index is 620. The van der Waals surface area contributed by atoms with Crippen molar-refractivity contribution in [3.8, 4) is 5.75 Å². The first-order valence-electron chi connectivity index (χ1n) is 7.93. The van der Waals surface area contributed by atoms with Crippen molar-refractivity contribution in [1.82, 2.24) is 9.62 Å². The summed E-state index contributed by atoms with van der Waals surface area (Å²) in [6.45, 7) is 5.58. The Kier molecular flexibility index (Phi) is 6.01. The Morgan fingerprint density at radius 1 is 1.26 bits per heavy atom. The number of likely N-dealkylation sites (N-methyl/N-ethyl adjacent to an activating group) is 1. The van der Waals surface area contributed by atoms with Crippen molar-refractivity contribution >= 4 is 15.9 Å². The van der Waals surface area contributed by atoms with E-state index in [0.717, 1.165) is 12.8 Å². The van der Waals surface area contributed by atoms with Crippen LogP contribution in [0.3, 0.4) is 0 Å². The van der Waals surface area contributed by atoms with Gasteiger partial charge in [-0.15, -0.1) is 0 Å². The van der Waals surface area contributed by atoms with E-state index in [2.05, 4.69) is 12.2 Å². The first kappa shape index (κ1) is 17.7. The van der Waals surface area contributed by atoms with Crippen LogP contribution in [0.5, 0.6) is 5.75 Å². The lowest BCUT2D eigenvalue weighted by Gasteiger charge is -2.29. The van der Waals surface area contributed by atoms with Gasteiger partial charge in [-0.1, -0.05) is 6.92 Å². The zero-order valence-electron chi connectivity index (χ0n) is 13.6. The van der Waals surface area contributed by atoms with Crippen LogP contribution in [-0.4, -0.2) is 44.9 Å². The molecule has 0 spiro atoms. The monoisotopic (exact) mass is 340 g/mol. The molecule has 1 N–H and O–H groups in total. The number of sulfonamides is 1. The Hall–Kier alpha value is -1.60. The Morgan fingerprint density at radius 2 is 1.87 bits per heavy atom. The molecule has 0 atom stereocenters. The zero-order valence-corrected chi connectivity index (χ0v) is 14.4. The zero-order chi connectivity index (χ0) is 16.9. The molecule has 0 radical (unpaired) electrons. The number of benzene rings is 1. The number of hydrogen-bond donors (Lipinski definition) is 1. The Morgan fingerprint density at radius 3 is 2.43 bits per heavy atom. The number of hydrogen-bond acceptors (Lipinski definition) is 4. The highest BCUT2D eigenvalue weighted by molar-refractivity contribution is 7.89. The number of piperidine rings is 1. The van der Waals surface area contributed by atoms with Crippen LogP contribution in [0.15, 0.2) is 29.2 Å². The van der Waals surface area contributed by atoms with Gasteiger partial charge in [0.1, 0.15) is 5.75 Å². The van der Waals surface area contributed by atoms with Crippen molar-refractivity contribution in [3.63, 3.8) is 0 Å². The molecule has 1 amide bonds. The van der Waals surface area contributed by atoms with Crippen molar-refractivity contribution < 1.29 is 17.9 Å². The van der Waals surface area contributed by atoms with Gasteiger partial charge >= 0.3 is 0 Å². The quantitative estimate of drug-likeness (QED) is 0.854. The van der Waals surface area contributed by atoms with Gasteiger partial charge in [0, 0.05) is 19.6 Å². The lowest BCUT2D eigenvalue weighted by Crippen LogP contribution is -2.37. The molecule has 0 bridgehead atoms. The molecule has 1 fully saturated rings. The standard InChI is InChI=1S/C16H24N2O4S/c1-3-17-16(19)12-22-14-4-6-15(7-5-14)23(20,21)18-10-8-13(2)9-11-18/h4-7,13H,3,8-12H2,1-2H3,(H,17,19). The third kappa shape index (κ3) is 4.68. The van der Waals surface area contributed by atoms with E-state index in [1.165, 1.54) is 16.4 Å². The number of amides is 1.